The van der Waals surface area contributed by atoms with Crippen molar-refractivity contribution >= 4 is 28.3 Å². The lowest BCUT2D eigenvalue weighted by Crippen LogP contribution is -2.34. The Morgan fingerprint density at radius 1 is 1.17 bits per heavy atom. The number of anilines is 1. The van der Waals surface area contributed by atoms with E-state index in [-0.39, 0.29) is 3.55 Å². The van der Waals surface area contributed by atoms with Crippen LogP contribution in [0.3, 0.4) is 0 Å². The molecule has 0 aliphatic rings. The van der Waals surface area contributed by atoms with Gasteiger partial charge in [-0.25, -0.2) is 0 Å². The Balaban J connectivity index is 2.86. The van der Waals surface area contributed by atoms with Gasteiger partial charge in [0, 0.05) is 12.7 Å². The highest BCUT2D eigenvalue weighted by Crippen LogP contribution is 2.26. The summed E-state index contributed by atoms with van der Waals surface area (Å²) in [6, 6.07) is 10.4. The number of rotatable bonds is 2. The molecule has 0 aromatic heterocycles. The van der Waals surface area contributed by atoms with E-state index in [1.54, 1.807) is 0 Å². The summed E-state index contributed by atoms with van der Waals surface area (Å²) in [6.07, 6.45) is 0. The summed E-state index contributed by atoms with van der Waals surface area (Å²) < 4.78 is 0.166. The van der Waals surface area contributed by atoms with E-state index < -0.39 is 0 Å². The second-order valence-corrected chi connectivity index (χ2v) is 5.94. The monoisotopic (exact) mass is 275 g/mol. The summed E-state index contributed by atoms with van der Waals surface area (Å²) >= 11 is 2.43. The van der Waals surface area contributed by atoms with Crippen LogP contribution in [0.25, 0.3) is 0 Å². The van der Waals surface area contributed by atoms with E-state index in [4.69, 9.17) is 0 Å². The molecular formula is C10H14IN. The van der Waals surface area contributed by atoms with Gasteiger partial charge in [0.2, 0.25) is 0 Å². The largest absolute Gasteiger partial charge is 0.361 e. The zero-order chi connectivity index (χ0) is 9.19. The van der Waals surface area contributed by atoms with Crippen molar-refractivity contribution in [3.8, 4) is 0 Å². The van der Waals surface area contributed by atoms with Gasteiger partial charge < -0.3 is 4.90 Å². The number of hydrogen-bond acceptors (Lipinski definition) is 1. The fraction of sp³-hybridized carbons (Fsp3) is 0.400. The number of alkyl halides is 1. The van der Waals surface area contributed by atoms with Crippen molar-refractivity contribution < 1.29 is 0 Å². The Morgan fingerprint density at radius 2 is 1.67 bits per heavy atom. The third-order valence-electron chi connectivity index (χ3n) is 1.94. The Morgan fingerprint density at radius 3 is 2.08 bits per heavy atom. The predicted octanol–water partition coefficient (Wildman–Crippen LogP) is 3.29. The molecule has 1 rings (SSSR count). The molecule has 0 bridgehead atoms. The van der Waals surface area contributed by atoms with Gasteiger partial charge in [0.05, 0.1) is 3.55 Å². The first kappa shape index (κ1) is 9.84. The SMILES string of the molecule is CN(c1ccccc1)C(C)(C)I. The summed E-state index contributed by atoms with van der Waals surface area (Å²) in [4.78, 5) is 2.26. The smallest absolute Gasteiger partial charge is 0.0858 e. The fourth-order valence-electron chi connectivity index (χ4n) is 0.959. The third-order valence-corrected chi connectivity index (χ3v) is 2.66. The van der Waals surface area contributed by atoms with Crippen LogP contribution in [-0.4, -0.2) is 10.6 Å². The molecular weight excluding hydrogens is 261 g/mol. The standard InChI is InChI=1S/C10H14IN/c1-10(2,11)12(3)9-7-5-4-6-8-9/h4-8H,1-3H3. The summed E-state index contributed by atoms with van der Waals surface area (Å²) in [5, 5.41) is 0. The molecule has 66 valence electrons. The first-order chi connectivity index (χ1) is 5.52. The van der Waals surface area contributed by atoms with Gasteiger partial charge in [-0.2, -0.15) is 0 Å². The molecule has 0 N–H and O–H groups in total. The van der Waals surface area contributed by atoms with Gasteiger partial charge in [0.25, 0.3) is 0 Å². The molecule has 0 amide bonds. The van der Waals surface area contributed by atoms with Crippen LogP contribution in [0.1, 0.15) is 13.8 Å². The van der Waals surface area contributed by atoms with Gasteiger partial charge in [0.15, 0.2) is 0 Å². The van der Waals surface area contributed by atoms with Gasteiger partial charge in [-0.1, -0.05) is 40.8 Å². The molecule has 2 heteroatoms. The van der Waals surface area contributed by atoms with E-state index in [9.17, 15) is 0 Å². The lowest BCUT2D eigenvalue weighted by Gasteiger charge is -2.32. The third kappa shape index (κ3) is 2.37. The topological polar surface area (TPSA) is 3.24 Å². The number of halogens is 1. The number of nitrogens with zero attached hydrogens (tertiary/aromatic N) is 1. The van der Waals surface area contributed by atoms with Crippen LogP contribution in [0.15, 0.2) is 30.3 Å². The molecule has 0 spiro atoms. The second-order valence-electron chi connectivity index (χ2n) is 3.30. The summed E-state index contributed by atoms with van der Waals surface area (Å²) in [5.41, 5.74) is 1.26. The molecule has 0 aliphatic heterocycles. The van der Waals surface area contributed by atoms with Crippen LogP contribution >= 0.6 is 22.6 Å². The lowest BCUT2D eigenvalue weighted by atomic mass is 10.2. The molecule has 0 heterocycles. The number of para-hydroxylation sites is 1. The average Bonchev–Trinajstić information content (AvgIpc) is 2.03. The van der Waals surface area contributed by atoms with E-state index in [0.717, 1.165) is 0 Å². The maximum atomic E-state index is 2.43. The van der Waals surface area contributed by atoms with Crippen LogP contribution < -0.4 is 4.90 Å². The summed E-state index contributed by atoms with van der Waals surface area (Å²) in [7, 11) is 2.11. The highest BCUT2D eigenvalue weighted by Gasteiger charge is 2.18. The van der Waals surface area contributed by atoms with E-state index in [0.29, 0.717) is 0 Å². The molecule has 0 radical (unpaired) electrons. The van der Waals surface area contributed by atoms with Crippen LogP contribution in [-0.2, 0) is 0 Å². The number of hydrogen-bond donors (Lipinski definition) is 0. The van der Waals surface area contributed by atoms with Crippen molar-refractivity contribution in [1.82, 2.24) is 0 Å². The maximum absolute atomic E-state index is 2.43. The van der Waals surface area contributed by atoms with Crippen LogP contribution in [0.2, 0.25) is 0 Å². The van der Waals surface area contributed by atoms with Crippen molar-refractivity contribution in [2.24, 2.45) is 0 Å². The molecule has 0 saturated heterocycles. The summed E-state index contributed by atoms with van der Waals surface area (Å²) in [6.45, 7) is 4.39. The second kappa shape index (κ2) is 3.64. The molecule has 12 heavy (non-hydrogen) atoms. The van der Waals surface area contributed by atoms with E-state index in [1.807, 2.05) is 6.07 Å². The first-order valence-electron chi connectivity index (χ1n) is 3.99. The van der Waals surface area contributed by atoms with Crippen molar-refractivity contribution in [3.63, 3.8) is 0 Å². The van der Waals surface area contributed by atoms with Crippen LogP contribution in [0.5, 0.6) is 0 Å². The van der Waals surface area contributed by atoms with E-state index in [2.05, 4.69) is 72.7 Å². The van der Waals surface area contributed by atoms with E-state index >= 15 is 0 Å². The zero-order valence-corrected chi connectivity index (χ0v) is 9.87. The van der Waals surface area contributed by atoms with Gasteiger partial charge in [-0.15, -0.1) is 0 Å². The van der Waals surface area contributed by atoms with Crippen LogP contribution in [0, 0.1) is 0 Å². The Hall–Kier alpha value is -0.250. The predicted molar refractivity (Wildman–Crippen MR) is 62.9 cm³/mol. The normalized spacial score (nSPS) is 11.3. The number of benzene rings is 1. The molecule has 0 saturated carbocycles. The Kier molecular flexibility index (Phi) is 2.99. The average molecular weight is 275 g/mol. The molecule has 1 aromatic rings. The molecule has 1 nitrogen and oxygen atoms in total. The highest BCUT2D eigenvalue weighted by atomic mass is 127. The van der Waals surface area contributed by atoms with Crippen molar-refractivity contribution in [3.05, 3.63) is 30.3 Å². The quantitative estimate of drug-likeness (QED) is 0.455. The highest BCUT2D eigenvalue weighted by molar-refractivity contribution is 14.1. The van der Waals surface area contributed by atoms with Gasteiger partial charge >= 0.3 is 0 Å². The molecule has 1 aromatic carbocycles. The summed E-state index contributed by atoms with van der Waals surface area (Å²) in [5.74, 6) is 0. The fourth-order valence-corrected chi connectivity index (χ4v) is 1.24. The Labute approximate surface area is 87.9 Å². The lowest BCUT2D eigenvalue weighted by molar-refractivity contribution is 0.726. The van der Waals surface area contributed by atoms with Crippen molar-refractivity contribution in [2.45, 2.75) is 17.4 Å². The first-order valence-corrected chi connectivity index (χ1v) is 5.07. The minimum Gasteiger partial charge on any atom is -0.361 e. The molecule has 0 fully saturated rings. The van der Waals surface area contributed by atoms with Gasteiger partial charge in [0.1, 0.15) is 0 Å². The van der Waals surface area contributed by atoms with Crippen LogP contribution in [0.4, 0.5) is 5.69 Å². The van der Waals surface area contributed by atoms with Gasteiger partial charge in [-0.3, -0.25) is 0 Å². The van der Waals surface area contributed by atoms with Crippen molar-refractivity contribution in [1.29, 1.82) is 0 Å². The maximum Gasteiger partial charge on any atom is 0.0858 e. The van der Waals surface area contributed by atoms with Gasteiger partial charge in [-0.05, 0) is 26.0 Å². The molecule has 0 atom stereocenters. The Bertz CT molecular complexity index is 238. The minimum absolute atomic E-state index is 0.166. The van der Waals surface area contributed by atoms with E-state index in [1.165, 1.54) is 5.69 Å². The zero-order valence-electron chi connectivity index (χ0n) is 7.71. The molecule has 0 aliphatic carbocycles. The minimum atomic E-state index is 0.166. The molecule has 0 unspecified atom stereocenters. The van der Waals surface area contributed by atoms with Crippen molar-refractivity contribution in [2.75, 3.05) is 11.9 Å².